The number of para-hydroxylation sites is 1. The van der Waals surface area contributed by atoms with Crippen molar-refractivity contribution in [3.63, 3.8) is 0 Å². The minimum absolute atomic E-state index is 0.0204. The van der Waals surface area contributed by atoms with E-state index in [-0.39, 0.29) is 33.7 Å². The van der Waals surface area contributed by atoms with Crippen LogP contribution in [0.4, 0.5) is 40.3 Å². The van der Waals surface area contributed by atoms with Gasteiger partial charge in [-0.25, -0.2) is 55.2 Å². The number of halogens is 4. The van der Waals surface area contributed by atoms with Gasteiger partial charge in [-0.2, -0.15) is 0 Å². The molecule has 8 heterocycles. The number of benzene rings is 8. The summed E-state index contributed by atoms with van der Waals surface area (Å²) in [5.41, 5.74) is 16.4. The van der Waals surface area contributed by atoms with Crippen LogP contribution in [-0.4, -0.2) is 0 Å². The van der Waals surface area contributed by atoms with Gasteiger partial charge in [-0.15, -0.1) is 0 Å². The van der Waals surface area contributed by atoms with E-state index in [2.05, 4.69) is 19.4 Å². The summed E-state index contributed by atoms with van der Waals surface area (Å²) in [4.78, 5) is 13.8. The van der Waals surface area contributed by atoms with E-state index in [1.807, 2.05) is 214 Å². The number of hydrogen-bond acceptors (Lipinski definition) is 4. The Kier molecular flexibility index (Phi) is 16.2. The van der Waals surface area contributed by atoms with Crippen LogP contribution in [0.15, 0.2) is 212 Å². The molecule has 96 heavy (non-hydrogen) atoms. The third kappa shape index (κ3) is 10.9. The van der Waals surface area contributed by atoms with Gasteiger partial charge in [0.2, 0.25) is 34.2 Å². The summed E-state index contributed by atoms with van der Waals surface area (Å²) in [5.74, 6) is -1.95. The van der Waals surface area contributed by atoms with Crippen LogP contribution in [0.25, 0.3) is 152 Å². The van der Waals surface area contributed by atoms with Gasteiger partial charge >= 0.3 is 0 Å². The Bertz CT molecular complexity index is 6080. The highest BCUT2D eigenvalue weighted by Crippen LogP contribution is 2.45. The van der Waals surface area contributed by atoms with E-state index in [1.54, 1.807) is 24.3 Å². The summed E-state index contributed by atoms with van der Waals surface area (Å²) in [6.45, 7) is 37.2. The average Bonchev–Trinajstić information content (AvgIpc) is 1.60. The van der Waals surface area contributed by atoms with Crippen molar-refractivity contribution in [2.45, 2.75) is 27.7 Å². The lowest BCUT2D eigenvalue weighted by Crippen LogP contribution is -2.30. The fraction of sp³-hybridized carbons (Fsp3) is 0.100. The van der Waals surface area contributed by atoms with Crippen molar-refractivity contribution in [3.8, 4) is 45.0 Å². The minimum atomic E-state index is -0.594. The molecule has 0 radical (unpaired) electrons. The Morgan fingerprint density at radius 2 is 0.792 bits per heavy atom. The van der Waals surface area contributed by atoms with Crippen molar-refractivity contribution < 1.29 is 53.5 Å². The van der Waals surface area contributed by atoms with Gasteiger partial charge in [0, 0.05) is 108 Å². The molecule has 464 valence electrons. The highest BCUT2D eigenvalue weighted by Gasteiger charge is 2.26. The first kappa shape index (κ1) is 62.1. The molecular formula is C80H56F4N8O4+4. The second-order valence-electron chi connectivity index (χ2n) is 23.4. The second kappa shape index (κ2) is 25.0. The topological polar surface area (TPSA) is 85.5 Å². The van der Waals surface area contributed by atoms with Gasteiger partial charge in [-0.1, -0.05) is 30.3 Å². The number of aromatic nitrogens is 4. The Morgan fingerprint density at radius 1 is 0.333 bits per heavy atom. The van der Waals surface area contributed by atoms with Gasteiger partial charge in [-0.3, -0.25) is 0 Å². The van der Waals surface area contributed by atoms with Crippen LogP contribution < -0.4 is 18.3 Å². The lowest BCUT2D eigenvalue weighted by molar-refractivity contribution is -0.660. The first-order valence-electron chi connectivity index (χ1n) is 30.3. The zero-order valence-electron chi connectivity index (χ0n) is 53.2. The summed E-state index contributed by atoms with van der Waals surface area (Å²) in [6, 6.07) is 51.3. The van der Waals surface area contributed by atoms with Gasteiger partial charge in [0.05, 0.1) is 31.9 Å². The summed E-state index contributed by atoms with van der Waals surface area (Å²) in [5, 5.41) is 5.61. The molecule has 8 aromatic heterocycles. The molecule has 0 unspecified atom stereocenters. The Labute approximate surface area is 548 Å². The summed E-state index contributed by atoms with van der Waals surface area (Å²) in [6.07, 6.45) is 7.91. The summed E-state index contributed by atoms with van der Waals surface area (Å²) < 4.78 is 87.7. The fourth-order valence-electron chi connectivity index (χ4n) is 12.6. The number of fused-ring (bicyclic) bond motifs is 12. The summed E-state index contributed by atoms with van der Waals surface area (Å²) >= 11 is 0. The number of rotatable bonds is 4. The molecule has 0 saturated heterocycles. The van der Waals surface area contributed by atoms with E-state index in [4.69, 9.17) is 44.0 Å². The molecule has 0 bridgehead atoms. The molecule has 0 fully saturated rings. The molecule has 16 heteroatoms. The molecule has 0 aliphatic heterocycles. The molecule has 16 aromatic rings. The van der Waals surface area contributed by atoms with Crippen molar-refractivity contribution >= 4 is 111 Å². The fourth-order valence-corrected chi connectivity index (χ4v) is 12.6. The Morgan fingerprint density at radius 3 is 1.32 bits per heavy atom. The van der Waals surface area contributed by atoms with Crippen LogP contribution >= 0.6 is 0 Å². The first-order chi connectivity index (χ1) is 46.4. The normalized spacial score (nSPS) is 11.1. The van der Waals surface area contributed by atoms with E-state index in [9.17, 15) is 17.6 Å². The SMILES string of the molecule is [C-]#[N+]c1c(-c2cccc[n+]2C)c(C)cc2oc3c(F)cccc3c12.[C-]#[N+]c1cc(F)c2oc3cc(C)c(-c4cccc[n+]4C)cc3c2c1.[C-]#[N+]c1ccc(F)c2oc3cc(C)c(-c4cccc[n+]4C)cc3c12.[C-]#[N+]c1ccc2c(oc3cc(C)c(-c4cccc[n+]4C)cc32)c1F. The number of aryl methyl sites for hydroxylation is 8. The van der Waals surface area contributed by atoms with Crippen LogP contribution in [-0.2, 0) is 28.2 Å². The molecule has 0 N–H and O–H groups in total. The molecule has 0 spiro atoms. The van der Waals surface area contributed by atoms with Crippen molar-refractivity contribution in [2.24, 2.45) is 28.2 Å². The van der Waals surface area contributed by atoms with E-state index in [0.717, 1.165) is 83.4 Å². The van der Waals surface area contributed by atoms with Crippen LogP contribution in [0.5, 0.6) is 0 Å². The van der Waals surface area contributed by atoms with Gasteiger partial charge in [-0.05, 0) is 141 Å². The maximum absolute atomic E-state index is 14.4. The highest BCUT2D eigenvalue weighted by atomic mass is 19.1. The van der Waals surface area contributed by atoms with Crippen LogP contribution in [0, 0.1) is 77.3 Å². The van der Waals surface area contributed by atoms with Crippen molar-refractivity contribution in [1.82, 2.24) is 0 Å². The van der Waals surface area contributed by atoms with E-state index in [1.165, 1.54) is 30.3 Å². The Hall–Kier alpha value is -12.8. The van der Waals surface area contributed by atoms with Gasteiger partial charge in [0.1, 0.15) is 50.5 Å². The predicted molar refractivity (Wildman–Crippen MR) is 365 cm³/mol. The smallest absolute Gasteiger partial charge is 0.225 e. The maximum atomic E-state index is 14.4. The molecule has 8 aromatic carbocycles. The zero-order valence-corrected chi connectivity index (χ0v) is 53.2. The lowest BCUT2D eigenvalue weighted by Gasteiger charge is -2.08. The largest absolute Gasteiger partial charge is 0.454 e. The zero-order chi connectivity index (χ0) is 67.4. The average molecular weight is 1270 g/mol. The second-order valence-corrected chi connectivity index (χ2v) is 23.4. The molecule has 0 atom stereocenters. The highest BCUT2D eigenvalue weighted by molar-refractivity contribution is 6.16. The monoisotopic (exact) mass is 1270 g/mol. The molecule has 0 saturated carbocycles. The number of nitrogens with zero attached hydrogens (tertiary/aromatic N) is 8. The first-order valence-corrected chi connectivity index (χ1v) is 30.3. The van der Waals surface area contributed by atoms with Crippen molar-refractivity contribution in [2.75, 3.05) is 0 Å². The van der Waals surface area contributed by atoms with Crippen LogP contribution in [0.3, 0.4) is 0 Å². The third-order valence-corrected chi connectivity index (χ3v) is 17.4. The van der Waals surface area contributed by atoms with Gasteiger partial charge in [0.25, 0.3) is 0 Å². The molecule has 0 amide bonds. The molecule has 12 nitrogen and oxygen atoms in total. The molecule has 16 rings (SSSR count). The van der Waals surface area contributed by atoms with Crippen molar-refractivity contribution in [3.05, 3.63) is 286 Å². The van der Waals surface area contributed by atoms with Gasteiger partial charge < -0.3 is 17.7 Å². The van der Waals surface area contributed by atoms with Crippen LogP contribution in [0.2, 0.25) is 0 Å². The van der Waals surface area contributed by atoms with E-state index < -0.39 is 23.3 Å². The van der Waals surface area contributed by atoms with Gasteiger partial charge in [0.15, 0.2) is 81.8 Å². The minimum Gasteiger partial charge on any atom is -0.454 e. The van der Waals surface area contributed by atoms with Crippen molar-refractivity contribution in [1.29, 1.82) is 0 Å². The van der Waals surface area contributed by atoms with E-state index >= 15 is 0 Å². The number of hydrogen-bond donors (Lipinski definition) is 0. The molecule has 0 aliphatic rings. The predicted octanol–water partition coefficient (Wildman–Crippen LogP) is 20.3. The number of furan rings is 4. The molecular weight excluding hydrogens is 1210 g/mol. The molecule has 0 aliphatic carbocycles. The standard InChI is InChI=1S/4C20H14FN2O/c1-12-11-16-18(13-7-6-8-14(21)20(13)24-16)19(22-2)17(12)15-9-4-5-10-23(15)3;1-12-10-18-14(11-13(12)17-6-4-5-9-23(17)3)19-16(22-2)8-7-15(21)20(19)24-18;1-12-10-18-15(11-14(12)17-6-4-5-9-23(17)3)13-7-8-16(22-2)19(21)20(13)24-18;1-12-8-19-15(11-14(12)18-6-4-5-7-23(18)3)16-9-13(22-2)10-17(21)20(16)24-19/h4*4-11H,1,3H3/q4*+1. The quantitative estimate of drug-likeness (QED) is 0.0998. The van der Waals surface area contributed by atoms with Crippen LogP contribution in [0.1, 0.15) is 22.3 Å². The summed E-state index contributed by atoms with van der Waals surface area (Å²) in [7, 11) is 7.91. The maximum Gasteiger partial charge on any atom is 0.225 e. The Balaban J connectivity index is 0.000000116. The number of pyridine rings is 4. The van der Waals surface area contributed by atoms with E-state index in [0.29, 0.717) is 60.6 Å². The third-order valence-electron chi connectivity index (χ3n) is 17.4. The lowest BCUT2D eigenvalue weighted by atomic mass is 9.98.